The van der Waals surface area contributed by atoms with Crippen LogP contribution in [0.4, 0.5) is 5.69 Å². The normalized spacial score (nSPS) is 17.7. The summed E-state index contributed by atoms with van der Waals surface area (Å²) in [5.74, 6) is 0.233. The lowest BCUT2D eigenvalue weighted by molar-refractivity contribution is 0.267. The van der Waals surface area contributed by atoms with Crippen molar-refractivity contribution in [1.29, 1.82) is 0 Å². The molecular formula is C30H39N3. The van der Waals surface area contributed by atoms with E-state index < -0.39 is 0 Å². The Morgan fingerprint density at radius 2 is 1.85 bits per heavy atom. The maximum Gasteiger partial charge on any atom is 0.0713 e. The second-order valence-corrected chi connectivity index (χ2v) is 8.49. The SMILES string of the molecule is C=C/C=C\C(C)=CC(C=C)CC1=CC(c2ccc(N(C)C)cc2)NN1CC(=C)/C=C\C=C/C. The highest BCUT2D eigenvalue weighted by Crippen LogP contribution is 2.30. The molecule has 2 unspecified atom stereocenters. The number of hydrogen-bond acceptors (Lipinski definition) is 3. The molecule has 1 N–H and O–H groups in total. The molecule has 0 fully saturated rings. The largest absolute Gasteiger partial charge is 0.378 e. The van der Waals surface area contributed by atoms with Gasteiger partial charge in [-0.2, -0.15) is 0 Å². The van der Waals surface area contributed by atoms with Gasteiger partial charge in [0, 0.05) is 31.4 Å². The van der Waals surface area contributed by atoms with E-state index in [0.29, 0.717) is 0 Å². The topological polar surface area (TPSA) is 18.5 Å². The Balaban J connectivity index is 2.26. The number of anilines is 1. The van der Waals surface area contributed by atoms with E-state index in [-0.39, 0.29) is 12.0 Å². The number of nitrogens with zero attached hydrogens (tertiary/aromatic N) is 2. The van der Waals surface area contributed by atoms with Crippen LogP contribution in [0.15, 0.2) is 122 Å². The van der Waals surface area contributed by atoms with Crippen LogP contribution in [0.2, 0.25) is 0 Å². The first-order valence-electron chi connectivity index (χ1n) is 11.5. The van der Waals surface area contributed by atoms with Crippen molar-refractivity contribution in [2.24, 2.45) is 5.92 Å². The third-order valence-electron chi connectivity index (χ3n) is 5.49. The molecule has 2 rings (SSSR count). The maximum absolute atomic E-state index is 4.25. The Morgan fingerprint density at radius 1 is 1.12 bits per heavy atom. The summed E-state index contributed by atoms with van der Waals surface area (Å²) in [6.07, 6.45) is 21.4. The van der Waals surface area contributed by atoms with Gasteiger partial charge >= 0.3 is 0 Å². The van der Waals surface area contributed by atoms with Gasteiger partial charge in [0.15, 0.2) is 0 Å². The summed E-state index contributed by atoms with van der Waals surface area (Å²) in [5.41, 5.74) is 9.61. The summed E-state index contributed by atoms with van der Waals surface area (Å²) in [5, 5.41) is 2.23. The molecule has 0 spiro atoms. The third-order valence-corrected chi connectivity index (χ3v) is 5.49. The maximum atomic E-state index is 4.25. The van der Waals surface area contributed by atoms with Crippen molar-refractivity contribution >= 4 is 5.69 Å². The Kier molecular flexibility index (Phi) is 10.5. The molecule has 0 amide bonds. The summed E-state index contributed by atoms with van der Waals surface area (Å²) in [4.78, 5) is 2.12. The van der Waals surface area contributed by atoms with E-state index in [1.165, 1.54) is 22.5 Å². The summed E-state index contributed by atoms with van der Waals surface area (Å²) in [6, 6.07) is 8.84. The lowest BCUT2D eigenvalue weighted by Gasteiger charge is -2.26. The van der Waals surface area contributed by atoms with Gasteiger partial charge in [0.2, 0.25) is 0 Å². The molecule has 0 radical (unpaired) electrons. The Bertz CT molecular complexity index is 955. The van der Waals surface area contributed by atoms with E-state index in [2.05, 4.69) is 105 Å². The predicted octanol–water partition coefficient (Wildman–Crippen LogP) is 7.07. The molecule has 3 heteroatoms. The quantitative estimate of drug-likeness (QED) is 0.276. The van der Waals surface area contributed by atoms with Crippen molar-refractivity contribution in [3.05, 3.63) is 127 Å². The lowest BCUT2D eigenvalue weighted by Crippen LogP contribution is -2.35. The van der Waals surface area contributed by atoms with Crippen LogP contribution in [0, 0.1) is 5.92 Å². The van der Waals surface area contributed by atoms with E-state index >= 15 is 0 Å². The van der Waals surface area contributed by atoms with Crippen LogP contribution in [-0.4, -0.2) is 25.6 Å². The predicted molar refractivity (Wildman–Crippen MR) is 146 cm³/mol. The zero-order valence-electron chi connectivity index (χ0n) is 20.7. The molecule has 0 bridgehead atoms. The van der Waals surface area contributed by atoms with Gasteiger partial charge in [-0.05, 0) is 49.6 Å². The van der Waals surface area contributed by atoms with Crippen LogP contribution in [0.1, 0.15) is 31.9 Å². The zero-order valence-corrected chi connectivity index (χ0v) is 20.7. The molecule has 1 aliphatic rings. The van der Waals surface area contributed by atoms with Gasteiger partial charge in [-0.25, -0.2) is 5.43 Å². The minimum Gasteiger partial charge on any atom is -0.378 e. The van der Waals surface area contributed by atoms with Crippen LogP contribution in [0.3, 0.4) is 0 Å². The van der Waals surface area contributed by atoms with Crippen LogP contribution in [0.25, 0.3) is 0 Å². The van der Waals surface area contributed by atoms with Gasteiger partial charge in [0.25, 0.3) is 0 Å². The molecular weight excluding hydrogens is 402 g/mol. The summed E-state index contributed by atoms with van der Waals surface area (Å²) >= 11 is 0. The summed E-state index contributed by atoms with van der Waals surface area (Å²) in [7, 11) is 4.12. The minimum atomic E-state index is 0.125. The van der Waals surface area contributed by atoms with Gasteiger partial charge < -0.3 is 9.91 Å². The number of allylic oxidation sites excluding steroid dienone is 10. The number of nitrogens with one attached hydrogen (secondary N) is 1. The van der Waals surface area contributed by atoms with Crippen molar-refractivity contribution in [1.82, 2.24) is 10.4 Å². The number of hydrogen-bond donors (Lipinski definition) is 1. The first-order chi connectivity index (χ1) is 15.9. The molecule has 2 atom stereocenters. The van der Waals surface area contributed by atoms with Crippen molar-refractivity contribution in [2.45, 2.75) is 26.3 Å². The minimum absolute atomic E-state index is 0.125. The summed E-state index contributed by atoms with van der Waals surface area (Å²) < 4.78 is 0. The molecule has 3 nitrogen and oxygen atoms in total. The van der Waals surface area contributed by atoms with Gasteiger partial charge in [0.1, 0.15) is 0 Å². The molecule has 0 aliphatic carbocycles. The number of benzene rings is 1. The molecule has 1 heterocycles. The second-order valence-electron chi connectivity index (χ2n) is 8.49. The molecule has 1 aliphatic heterocycles. The van der Waals surface area contributed by atoms with Crippen molar-refractivity contribution in [3.63, 3.8) is 0 Å². The van der Waals surface area contributed by atoms with Crippen molar-refractivity contribution < 1.29 is 0 Å². The fourth-order valence-electron chi connectivity index (χ4n) is 3.67. The third kappa shape index (κ3) is 8.28. The second kappa shape index (κ2) is 13.3. The molecule has 0 aromatic heterocycles. The highest BCUT2D eigenvalue weighted by molar-refractivity contribution is 5.47. The standard InChI is InChI=1S/C30H39N3/c1-8-11-13-15-25(5)23-33-29(21-26(10-3)20-24(4)14-12-9-2)22-30(31-33)27-16-18-28(19-17-27)32(6)7/h8-20,22,26,30-31H,2-3,5,21,23H2,1,4,6-7H3/b11-8-,14-12-,15-13-,24-20?. The smallest absolute Gasteiger partial charge is 0.0713 e. The Morgan fingerprint density at radius 3 is 2.45 bits per heavy atom. The van der Waals surface area contributed by atoms with E-state index in [0.717, 1.165) is 18.5 Å². The average Bonchev–Trinajstić information content (AvgIpc) is 3.19. The number of rotatable bonds is 12. The van der Waals surface area contributed by atoms with Crippen LogP contribution in [0.5, 0.6) is 0 Å². The van der Waals surface area contributed by atoms with Crippen molar-refractivity contribution in [3.8, 4) is 0 Å². The molecule has 174 valence electrons. The highest BCUT2D eigenvalue weighted by Gasteiger charge is 2.25. The Hall–Kier alpha value is -3.30. The molecule has 1 aromatic carbocycles. The Labute approximate surface area is 201 Å². The van der Waals surface area contributed by atoms with Crippen molar-refractivity contribution in [2.75, 3.05) is 25.5 Å². The average molecular weight is 442 g/mol. The summed E-state index contributed by atoms with van der Waals surface area (Å²) in [6.45, 7) is 16.9. The van der Waals surface area contributed by atoms with Gasteiger partial charge in [0.05, 0.1) is 12.6 Å². The van der Waals surface area contributed by atoms with E-state index in [1.807, 2.05) is 37.3 Å². The lowest BCUT2D eigenvalue weighted by atomic mass is 9.98. The van der Waals surface area contributed by atoms with E-state index in [1.54, 1.807) is 6.08 Å². The highest BCUT2D eigenvalue weighted by atomic mass is 15.5. The van der Waals surface area contributed by atoms with Crippen LogP contribution in [-0.2, 0) is 0 Å². The van der Waals surface area contributed by atoms with Gasteiger partial charge in [-0.15, -0.1) is 6.58 Å². The number of hydrazine groups is 1. The zero-order chi connectivity index (χ0) is 24.2. The fraction of sp³-hybridized carbons (Fsp3) is 0.267. The molecule has 0 saturated carbocycles. The molecule has 1 aromatic rings. The van der Waals surface area contributed by atoms with E-state index in [4.69, 9.17) is 0 Å². The monoisotopic (exact) mass is 441 g/mol. The van der Waals surface area contributed by atoms with Crippen LogP contribution >= 0.6 is 0 Å². The molecule has 33 heavy (non-hydrogen) atoms. The van der Waals surface area contributed by atoms with Gasteiger partial charge in [-0.1, -0.05) is 85.5 Å². The first-order valence-corrected chi connectivity index (χ1v) is 11.5. The molecule has 0 saturated heterocycles. The van der Waals surface area contributed by atoms with Gasteiger partial charge in [-0.3, -0.25) is 0 Å². The van der Waals surface area contributed by atoms with Crippen LogP contribution < -0.4 is 10.3 Å². The fourth-order valence-corrected chi connectivity index (χ4v) is 3.67. The van der Waals surface area contributed by atoms with E-state index in [9.17, 15) is 0 Å². The first kappa shape index (κ1) is 26.0.